The van der Waals surface area contributed by atoms with Crippen LogP contribution in [0.1, 0.15) is 41.8 Å². The van der Waals surface area contributed by atoms with Crippen molar-refractivity contribution in [3.8, 4) is 5.75 Å². The van der Waals surface area contributed by atoms with Gasteiger partial charge in [-0.2, -0.15) is 0 Å². The van der Waals surface area contributed by atoms with Crippen LogP contribution in [0.15, 0.2) is 71.6 Å². The van der Waals surface area contributed by atoms with Gasteiger partial charge in [0.05, 0.1) is 17.2 Å². The molecule has 0 heterocycles. The number of amides is 1. The second kappa shape index (κ2) is 12.0. The Morgan fingerprint density at radius 2 is 1.64 bits per heavy atom. The van der Waals surface area contributed by atoms with Crippen molar-refractivity contribution in [2.45, 2.75) is 39.0 Å². The third kappa shape index (κ3) is 7.79. The predicted octanol–water partition coefficient (Wildman–Crippen LogP) is 5.66. The minimum absolute atomic E-state index is 0.0984. The number of carbonyl (C=O) groups excluding carboxylic acids is 1. The van der Waals surface area contributed by atoms with E-state index in [0.29, 0.717) is 35.2 Å². The van der Waals surface area contributed by atoms with Gasteiger partial charge in [0.1, 0.15) is 5.75 Å². The minimum atomic E-state index is -3.75. The van der Waals surface area contributed by atoms with E-state index in [-0.39, 0.29) is 15.9 Å². The van der Waals surface area contributed by atoms with Gasteiger partial charge in [-0.1, -0.05) is 31.5 Å². The Kier molecular flexibility index (Phi) is 9.06. The highest BCUT2D eigenvalue weighted by molar-refractivity contribution is 7.92. The van der Waals surface area contributed by atoms with Crippen molar-refractivity contribution in [1.29, 1.82) is 0 Å². The monoisotopic (exact) mass is 525 g/mol. The maximum Gasteiger partial charge on any atom is 0.261 e. The number of ether oxygens (including phenoxy) is 1. The SMILES string of the molecule is Cc1ccc(NS(=O)(=O)c2ccc(NC(=S)NC(=O)c3ccc(OCCC(C)C)cc3)cc2)c(C)c1. The van der Waals surface area contributed by atoms with E-state index < -0.39 is 10.0 Å². The molecule has 0 fully saturated rings. The van der Waals surface area contributed by atoms with Crippen LogP contribution >= 0.6 is 12.2 Å². The van der Waals surface area contributed by atoms with Crippen LogP contribution in [0.4, 0.5) is 11.4 Å². The van der Waals surface area contributed by atoms with Crippen molar-refractivity contribution in [3.05, 3.63) is 83.4 Å². The Hall–Kier alpha value is -3.43. The first-order valence-corrected chi connectivity index (χ1v) is 13.5. The molecule has 0 atom stereocenters. The maximum atomic E-state index is 12.8. The first-order chi connectivity index (χ1) is 17.0. The van der Waals surface area contributed by atoms with Crippen LogP contribution in [0.25, 0.3) is 0 Å². The molecule has 7 nitrogen and oxygen atoms in total. The Morgan fingerprint density at radius 1 is 0.972 bits per heavy atom. The lowest BCUT2D eigenvalue weighted by Gasteiger charge is -2.13. The highest BCUT2D eigenvalue weighted by Gasteiger charge is 2.16. The van der Waals surface area contributed by atoms with Crippen LogP contribution in [0.2, 0.25) is 0 Å². The fraction of sp³-hybridized carbons (Fsp3) is 0.259. The molecular weight excluding hydrogens is 494 g/mol. The van der Waals surface area contributed by atoms with Gasteiger partial charge in [-0.25, -0.2) is 8.42 Å². The molecule has 9 heteroatoms. The third-order valence-corrected chi connectivity index (χ3v) is 6.94. The average Bonchev–Trinajstić information content (AvgIpc) is 2.81. The average molecular weight is 526 g/mol. The summed E-state index contributed by atoms with van der Waals surface area (Å²) in [7, 11) is -3.75. The molecule has 3 N–H and O–H groups in total. The summed E-state index contributed by atoms with van der Waals surface area (Å²) in [5.41, 5.74) is 3.40. The smallest absolute Gasteiger partial charge is 0.261 e. The van der Waals surface area contributed by atoms with E-state index in [1.165, 1.54) is 12.1 Å². The number of hydrogen-bond acceptors (Lipinski definition) is 5. The Balaban J connectivity index is 1.55. The minimum Gasteiger partial charge on any atom is -0.494 e. The number of nitrogens with one attached hydrogen (secondary N) is 3. The van der Waals surface area contributed by atoms with Crippen LogP contribution in [-0.2, 0) is 10.0 Å². The summed E-state index contributed by atoms with van der Waals surface area (Å²) < 4.78 is 33.8. The number of benzene rings is 3. The second-order valence-electron chi connectivity index (χ2n) is 8.91. The molecule has 0 bridgehead atoms. The van der Waals surface area contributed by atoms with E-state index in [1.54, 1.807) is 42.5 Å². The molecule has 36 heavy (non-hydrogen) atoms. The Morgan fingerprint density at radius 3 is 2.25 bits per heavy atom. The molecular formula is C27H31N3O4S2. The van der Waals surface area contributed by atoms with Gasteiger partial charge in [0.2, 0.25) is 0 Å². The zero-order chi connectivity index (χ0) is 26.3. The summed E-state index contributed by atoms with van der Waals surface area (Å²) in [6.07, 6.45) is 0.956. The van der Waals surface area contributed by atoms with Crippen molar-refractivity contribution < 1.29 is 17.9 Å². The summed E-state index contributed by atoms with van der Waals surface area (Å²) in [6.45, 7) is 8.69. The lowest BCUT2D eigenvalue weighted by Crippen LogP contribution is -2.34. The number of thiocarbonyl (C=S) groups is 1. The molecule has 1 amide bonds. The third-order valence-electron chi connectivity index (χ3n) is 5.36. The molecule has 3 aromatic rings. The highest BCUT2D eigenvalue weighted by atomic mass is 32.2. The van der Waals surface area contributed by atoms with Gasteiger partial charge in [-0.05, 0) is 98.6 Å². The molecule has 0 unspecified atom stereocenters. The number of carbonyl (C=O) groups is 1. The molecule has 0 saturated carbocycles. The fourth-order valence-electron chi connectivity index (χ4n) is 3.30. The van der Waals surface area contributed by atoms with Crippen LogP contribution in [-0.4, -0.2) is 26.0 Å². The van der Waals surface area contributed by atoms with E-state index in [9.17, 15) is 13.2 Å². The van der Waals surface area contributed by atoms with Gasteiger partial charge < -0.3 is 10.1 Å². The van der Waals surface area contributed by atoms with Crippen LogP contribution in [0, 0.1) is 19.8 Å². The fourth-order valence-corrected chi connectivity index (χ4v) is 4.64. The lowest BCUT2D eigenvalue weighted by molar-refractivity contribution is 0.0977. The number of rotatable bonds is 9. The maximum absolute atomic E-state index is 12.8. The topological polar surface area (TPSA) is 96.5 Å². The first-order valence-electron chi connectivity index (χ1n) is 11.6. The molecule has 0 radical (unpaired) electrons. The van der Waals surface area contributed by atoms with E-state index in [1.807, 2.05) is 26.0 Å². The van der Waals surface area contributed by atoms with Gasteiger partial charge in [0, 0.05) is 11.3 Å². The van der Waals surface area contributed by atoms with Gasteiger partial charge in [0.15, 0.2) is 5.11 Å². The molecule has 0 aromatic heterocycles. The van der Waals surface area contributed by atoms with Gasteiger partial charge in [0.25, 0.3) is 15.9 Å². The molecule has 3 rings (SSSR count). The quantitative estimate of drug-likeness (QED) is 0.312. The van der Waals surface area contributed by atoms with E-state index >= 15 is 0 Å². The van der Waals surface area contributed by atoms with Crippen molar-refractivity contribution in [2.24, 2.45) is 5.92 Å². The number of anilines is 2. The first kappa shape index (κ1) is 27.2. The number of aryl methyl sites for hydroxylation is 2. The van der Waals surface area contributed by atoms with Crippen LogP contribution in [0.3, 0.4) is 0 Å². The van der Waals surface area contributed by atoms with Crippen molar-refractivity contribution >= 4 is 44.6 Å². The van der Waals surface area contributed by atoms with Crippen molar-refractivity contribution in [2.75, 3.05) is 16.6 Å². The van der Waals surface area contributed by atoms with Crippen molar-refractivity contribution in [1.82, 2.24) is 5.32 Å². The normalized spacial score (nSPS) is 11.1. The molecule has 0 saturated heterocycles. The number of hydrogen-bond donors (Lipinski definition) is 3. The van der Waals surface area contributed by atoms with Crippen molar-refractivity contribution in [3.63, 3.8) is 0 Å². The molecule has 0 aliphatic rings. The highest BCUT2D eigenvalue weighted by Crippen LogP contribution is 2.22. The standard InChI is InChI=1S/C27H31N3O4S2/c1-18(2)15-16-34-23-10-6-21(7-11-23)26(31)29-27(35)28-22-8-12-24(13-9-22)36(32,33)30-25-14-5-19(3)17-20(25)4/h5-14,17-18,30H,15-16H2,1-4H3,(H2,28,29,31,35). The summed E-state index contributed by atoms with van der Waals surface area (Å²) in [5.74, 6) is 0.900. The summed E-state index contributed by atoms with van der Waals surface area (Å²) in [6, 6.07) is 18.4. The summed E-state index contributed by atoms with van der Waals surface area (Å²) in [4.78, 5) is 12.6. The number of sulfonamides is 1. The lowest BCUT2D eigenvalue weighted by atomic mass is 10.1. The second-order valence-corrected chi connectivity index (χ2v) is 11.0. The van der Waals surface area contributed by atoms with E-state index in [4.69, 9.17) is 17.0 Å². The molecule has 0 spiro atoms. The molecule has 0 aliphatic heterocycles. The van der Waals surface area contributed by atoms with E-state index in [2.05, 4.69) is 29.2 Å². The van der Waals surface area contributed by atoms with Crippen LogP contribution < -0.4 is 20.1 Å². The zero-order valence-electron chi connectivity index (χ0n) is 20.8. The van der Waals surface area contributed by atoms with Crippen LogP contribution in [0.5, 0.6) is 5.75 Å². The van der Waals surface area contributed by atoms with E-state index in [0.717, 1.165) is 17.5 Å². The molecule has 0 aliphatic carbocycles. The summed E-state index contributed by atoms with van der Waals surface area (Å²) in [5, 5.41) is 5.61. The van der Waals surface area contributed by atoms with Gasteiger partial charge in [-0.15, -0.1) is 0 Å². The van der Waals surface area contributed by atoms with Gasteiger partial charge >= 0.3 is 0 Å². The summed E-state index contributed by atoms with van der Waals surface area (Å²) >= 11 is 5.24. The molecule has 3 aromatic carbocycles. The predicted molar refractivity (Wildman–Crippen MR) is 148 cm³/mol. The largest absolute Gasteiger partial charge is 0.494 e. The Labute approximate surface area is 218 Å². The zero-order valence-corrected chi connectivity index (χ0v) is 22.4. The van der Waals surface area contributed by atoms with Gasteiger partial charge in [-0.3, -0.25) is 14.8 Å². The Bertz CT molecular complexity index is 1320. The molecule has 190 valence electrons.